The van der Waals surface area contributed by atoms with Crippen molar-refractivity contribution in [3.8, 4) is 11.5 Å². The van der Waals surface area contributed by atoms with Gasteiger partial charge in [-0.05, 0) is 12.8 Å². The molecule has 0 saturated heterocycles. The van der Waals surface area contributed by atoms with E-state index in [1.807, 2.05) is 0 Å². The molecule has 1 aliphatic carbocycles. The van der Waals surface area contributed by atoms with Crippen LogP contribution in [-0.2, 0) is 0 Å². The molecule has 0 aromatic carbocycles. The van der Waals surface area contributed by atoms with Crippen molar-refractivity contribution >= 4 is 8.07 Å². The van der Waals surface area contributed by atoms with Gasteiger partial charge in [0.25, 0.3) is 0 Å². The zero-order chi connectivity index (χ0) is 9.90. The Morgan fingerprint density at radius 2 is 1.77 bits per heavy atom. The van der Waals surface area contributed by atoms with Gasteiger partial charge in [0, 0.05) is 5.92 Å². The van der Waals surface area contributed by atoms with Crippen LogP contribution in [0, 0.1) is 17.4 Å². The van der Waals surface area contributed by atoms with Crippen molar-refractivity contribution in [1.82, 2.24) is 0 Å². The lowest BCUT2D eigenvalue weighted by molar-refractivity contribution is 0.0970. The highest BCUT2D eigenvalue weighted by molar-refractivity contribution is 6.83. The minimum absolute atomic E-state index is 0.155. The summed E-state index contributed by atoms with van der Waals surface area (Å²) in [6.45, 7) is 6.74. The first-order valence-corrected chi connectivity index (χ1v) is 8.70. The molecule has 74 valence electrons. The van der Waals surface area contributed by atoms with Gasteiger partial charge in [0.1, 0.15) is 8.07 Å². The van der Waals surface area contributed by atoms with Crippen molar-refractivity contribution in [2.75, 3.05) is 0 Å². The highest BCUT2D eigenvalue weighted by Gasteiger charge is 2.21. The van der Waals surface area contributed by atoms with E-state index in [0.717, 1.165) is 12.8 Å². The fourth-order valence-corrected chi connectivity index (χ4v) is 2.21. The Balaban J connectivity index is 2.54. The second-order valence-corrected chi connectivity index (χ2v) is 9.73. The summed E-state index contributed by atoms with van der Waals surface area (Å²) in [5.74, 6) is 3.54. The molecular weight excluding hydrogens is 176 g/mol. The van der Waals surface area contributed by atoms with Crippen LogP contribution in [0.2, 0.25) is 19.6 Å². The molecule has 1 saturated carbocycles. The summed E-state index contributed by atoms with van der Waals surface area (Å²) >= 11 is 0. The normalized spacial score (nSPS) is 29.2. The van der Waals surface area contributed by atoms with Gasteiger partial charge in [0.15, 0.2) is 0 Å². The molecule has 2 atom stereocenters. The summed E-state index contributed by atoms with van der Waals surface area (Å²) in [6.07, 6.45) is 4.30. The van der Waals surface area contributed by atoms with Crippen LogP contribution in [0.25, 0.3) is 0 Å². The van der Waals surface area contributed by atoms with E-state index in [4.69, 9.17) is 0 Å². The number of rotatable bonds is 0. The maximum absolute atomic E-state index is 9.68. The van der Waals surface area contributed by atoms with Gasteiger partial charge < -0.3 is 5.11 Å². The molecule has 1 nitrogen and oxygen atoms in total. The second-order valence-electron chi connectivity index (χ2n) is 4.98. The number of hydrogen-bond acceptors (Lipinski definition) is 1. The van der Waals surface area contributed by atoms with Gasteiger partial charge in [-0.25, -0.2) is 0 Å². The second kappa shape index (κ2) is 4.30. The number of hydrogen-bond donors (Lipinski definition) is 1. The van der Waals surface area contributed by atoms with E-state index in [1.54, 1.807) is 0 Å². The lowest BCUT2D eigenvalue weighted by atomic mass is 9.87. The fourth-order valence-electron chi connectivity index (χ4n) is 1.59. The number of aliphatic hydroxyl groups is 1. The van der Waals surface area contributed by atoms with Gasteiger partial charge in [-0.2, -0.15) is 0 Å². The van der Waals surface area contributed by atoms with Crippen LogP contribution in [0.15, 0.2) is 0 Å². The van der Waals surface area contributed by atoms with Crippen molar-refractivity contribution < 1.29 is 5.11 Å². The molecule has 0 aromatic rings. The average Bonchev–Trinajstić information content (AvgIpc) is 2.01. The van der Waals surface area contributed by atoms with Gasteiger partial charge in [0.05, 0.1) is 6.10 Å². The Kier molecular flexibility index (Phi) is 3.58. The molecular formula is C11H20OSi. The molecule has 0 aliphatic heterocycles. The first-order chi connectivity index (χ1) is 5.99. The molecule has 0 unspecified atom stereocenters. The van der Waals surface area contributed by atoms with Crippen LogP contribution in [0.4, 0.5) is 0 Å². The molecule has 1 N–H and O–H groups in total. The van der Waals surface area contributed by atoms with Crippen LogP contribution in [-0.4, -0.2) is 19.3 Å². The molecule has 1 fully saturated rings. The van der Waals surface area contributed by atoms with Crippen LogP contribution in [0.5, 0.6) is 0 Å². The van der Waals surface area contributed by atoms with E-state index in [9.17, 15) is 5.11 Å². The smallest absolute Gasteiger partial charge is 0.129 e. The van der Waals surface area contributed by atoms with Crippen LogP contribution >= 0.6 is 0 Å². The standard InChI is InChI=1S/C11H20OSi/c1-13(2,3)9-8-10-6-4-5-7-11(10)12/h10-12H,4-7H2,1-3H3/t10-,11+/m1/s1. The van der Waals surface area contributed by atoms with E-state index < -0.39 is 8.07 Å². The summed E-state index contributed by atoms with van der Waals surface area (Å²) in [5, 5.41) is 9.68. The summed E-state index contributed by atoms with van der Waals surface area (Å²) in [5.41, 5.74) is 3.35. The Morgan fingerprint density at radius 3 is 2.31 bits per heavy atom. The van der Waals surface area contributed by atoms with Crippen LogP contribution < -0.4 is 0 Å². The Morgan fingerprint density at radius 1 is 1.15 bits per heavy atom. The van der Waals surface area contributed by atoms with Crippen molar-refractivity contribution in [2.24, 2.45) is 5.92 Å². The van der Waals surface area contributed by atoms with Gasteiger partial charge in [0.2, 0.25) is 0 Å². The summed E-state index contributed by atoms with van der Waals surface area (Å²) in [7, 11) is -1.24. The van der Waals surface area contributed by atoms with Gasteiger partial charge in [-0.15, -0.1) is 11.5 Å². The molecule has 0 radical (unpaired) electrons. The third-order valence-corrected chi connectivity index (χ3v) is 3.26. The Labute approximate surface area is 82.6 Å². The SMILES string of the molecule is C[Si](C)(C)C#C[C@H]1CCCC[C@@H]1O. The van der Waals surface area contributed by atoms with E-state index in [0.29, 0.717) is 0 Å². The maximum atomic E-state index is 9.68. The fraction of sp³-hybridized carbons (Fsp3) is 0.818. The van der Waals surface area contributed by atoms with E-state index in [1.165, 1.54) is 12.8 Å². The van der Waals surface area contributed by atoms with Gasteiger partial charge in [-0.3, -0.25) is 0 Å². The van der Waals surface area contributed by atoms with Crippen molar-refractivity contribution in [1.29, 1.82) is 0 Å². The van der Waals surface area contributed by atoms with Gasteiger partial charge in [-0.1, -0.05) is 32.5 Å². The van der Waals surface area contributed by atoms with Crippen molar-refractivity contribution in [3.63, 3.8) is 0 Å². The maximum Gasteiger partial charge on any atom is 0.129 e. The molecule has 0 bridgehead atoms. The monoisotopic (exact) mass is 196 g/mol. The molecule has 0 spiro atoms. The Bertz CT molecular complexity index is 218. The quantitative estimate of drug-likeness (QED) is 0.466. The van der Waals surface area contributed by atoms with Crippen molar-refractivity contribution in [2.45, 2.75) is 51.4 Å². The Hall–Kier alpha value is -0.263. The topological polar surface area (TPSA) is 20.2 Å². The summed E-state index contributed by atoms with van der Waals surface area (Å²) in [4.78, 5) is 0. The predicted octanol–water partition coefficient (Wildman–Crippen LogP) is 2.42. The lowest BCUT2D eigenvalue weighted by Crippen LogP contribution is -2.24. The van der Waals surface area contributed by atoms with Crippen LogP contribution in [0.3, 0.4) is 0 Å². The molecule has 1 rings (SSSR count). The number of aliphatic hydroxyl groups excluding tert-OH is 1. The molecule has 2 heteroatoms. The van der Waals surface area contributed by atoms with Crippen molar-refractivity contribution in [3.05, 3.63) is 0 Å². The summed E-state index contributed by atoms with van der Waals surface area (Å²) < 4.78 is 0. The zero-order valence-electron chi connectivity index (χ0n) is 8.93. The third-order valence-electron chi connectivity index (χ3n) is 2.36. The highest BCUT2D eigenvalue weighted by atomic mass is 28.3. The highest BCUT2D eigenvalue weighted by Crippen LogP contribution is 2.23. The minimum atomic E-state index is -1.24. The minimum Gasteiger partial charge on any atom is -0.392 e. The third kappa shape index (κ3) is 3.97. The molecule has 0 aromatic heterocycles. The van der Waals surface area contributed by atoms with E-state index in [2.05, 4.69) is 31.1 Å². The lowest BCUT2D eigenvalue weighted by Gasteiger charge is -2.23. The first-order valence-electron chi connectivity index (χ1n) is 5.20. The molecule has 13 heavy (non-hydrogen) atoms. The first kappa shape index (κ1) is 10.8. The van der Waals surface area contributed by atoms with Gasteiger partial charge >= 0.3 is 0 Å². The summed E-state index contributed by atoms with van der Waals surface area (Å²) in [6, 6.07) is 0. The largest absolute Gasteiger partial charge is 0.392 e. The average molecular weight is 196 g/mol. The van der Waals surface area contributed by atoms with Crippen LogP contribution in [0.1, 0.15) is 25.7 Å². The molecule has 0 amide bonds. The molecule has 1 aliphatic rings. The molecule has 0 heterocycles. The predicted molar refractivity (Wildman–Crippen MR) is 59.1 cm³/mol. The van der Waals surface area contributed by atoms with E-state index in [-0.39, 0.29) is 12.0 Å². The zero-order valence-corrected chi connectivity index (χ0v) is 9.93. The van der Waals surface area contributed by atoms with E-state index >= 15 is 0 Å².